The van der Waals surface area contributed by atoms with E-state index in [4.69, 9.17) is 9.51 Å². The summed E-state index contributed by atoms with van der Waals surface area (Å²) < 4.78 is 5.26. The highest BCUT2D eigenvalue weighted by molar-refractivity contribution is 5.53. The lowest BCUT2D eigenvalue weighted by molar-refractivity contribution is 0.241. The predicted molar refractivity (Wildman–Crippen MR) is 89.1 cm³/mol. The zero-order valence-electron chi connectivity index (χ0n) is 13.9. The summed E-state index contributed by atoms with van der Waals surface area (Å²) in [5.41, 5.74) is 5.45. The molecule has 4 heterocycles. The molecule has 3 aromatic heterocycles. The molecule has 0 aromatic carbocycles. The van der Waals surface area contributed by atoms with E-state index in [9.17, 15) is 0 Å². The van der Waals surface area contributed by atoms with Crippen molar-refractivity contribution in [1.82, 2.24) is 25.0 Å². The molecule has 6 heteroatoms. The van der Waals surface area contributed by atoms with Crippen molar-refractivity contribution in [2.45, 2.75) is 33.4 Å². The van der Waals surface area contributed by atoms with Gasteiger partial charge in [-0.15, -0.1) is 0 Å². The Morgan fingerprint density at radius 1 is 1.25 bits per heavy atom. The Morgan fingerprint density at radius 2 is 2.17 bits per heavy atom. The summed E-state index contributed by atoms with van der Waals surface area (Å²) in [5, 5.41) is 4.04. The highest BCUT2D eigenvalue weighted by Crippen LogP contribution is 2.23. The molecule has 1 aliphatic heterocycles. The van der Waals surface area contributed by atoms with Crippen LogP contribution in [0.3, 0.4) is 0 Å². The second kappa shape index (κ2) is 6.13. The van der Waals surface area contributed by atoms with Crippen LogP contribution in [0.4, 0.5) is 0 Å². The first kappa shape index (κ1) is 15.0. The minimum Gasteiger partial charge on any atom is -0.361 e. The molecule has 1 aliphatic rings. The van der Waals surface area contributed by atoms with Gasteiger partial charge in [0.25, 0.3) is 0 Å². The molecule has 4 rings (SSSR count). The van der Waals surface area contributed by atoms with Gasteiger partial charge >= 0.3 is 0 Å². The van der Waals surface area contributed by atoms with Gasteiger partial charge in [-0.3, -0.25) is 9.88 Å². The molecule has 0 bridgehead atoms. The molecule has 0 spiro atoms. The Bertz CT molecular complexity index is 840. The SMILES string of the molecule is Cc1noc(C)c1CN1CCc2nc(-c3cccnc3)ncc2C1. The van der Waals surface area contributed by atoms with Crippen LogP contribution in [0.25, 0.3) is 11.4 Å². The van der Waals surface area contributed by atoms with Crippen LogP contribution in [-0.2, 0) is 19.5 Å². The van der Waals surface area contributed by atoms with Crippen molar-refractivity contribution in [3.05, 3.63) is 59.0 Å². The zero-order valence-corrected chi connectivity index (χ0v) is 13.9. The predicted octanol–water partition coefficient (Wildman–Crippen LogP) is 2.70. The Hall–Kier alpha value is -2.60. The third kappa shape index (κ3) is 2.80. The standard InChI is InChI=1S/C18H19N5O/c1-12-16(13(2)24-22-12)11-23-7-5-17-15(10-23)9-20-18(21-17)14-4-3-6-19-8-14/h3-4,6,8-9H,5,7,10-11H2,1-2H3. The molecule has 0 atom stereocenters. The molecule has 122 valence electrons. The Labute approximate surface area is 140 Å². The molecule has 0 N–H and O–H groups in total. The van der Waals surface area contributed by atoms with E-state index in [-0.39, 0.29) is 0 Å². The van der Waals surface area contributed by atoms with Gasteiger partial charge < -0.3 is 4.52 Å². The lowest BCUT2D eigenvalue weighted by Crippen LogP contribution is -2.31. The average molecular weight is 321 g/mol. The molecule has 0 unspecified atom stereocenters. The molecule has 0 saturated carbocycles. The molecule has 0 aliphatic carbocycles. The second-order valence-corrected chi connectivity index (χ2v) is 6.17. The number of nitrogens with zero attached hydrogens (tertiary/aromatic N) is 5. The van der Waals surface area contributed by atoms with Gasteiger partial charge in [0.15, 0.2) is 5.82 Å². The van der Waals surface area contributed by atoms with Crippen molar-refractivity contribution in [3.8, 4) is 11.4 Å². The third-order valence-electron chi connectivity index (χ3n) is 4.50. The maximum atomic E-state index is 5.26. The largest absolute Gasteiger partial charge is 0.361 e. The third-order valence-corrected chi connectivity index (χ3v) is 4.50. The summed E-state index contributed by atoms with van der Waals surface area (Å²) in [6, 6.07) is 3.89. The maximum Gasteiger partial charge on any atom is 0.160 e. The van der Waals surface area contributed by atoms with Crippen molar-refractivity contribution in [1.29, 1.82) is 0 Å². The number of hydrogen-bond acceptors (Lipinski definition) is 6. The quantitative estimate of drug-likeness (QED) is 0.739. The lowest BCUT2D eigenvalue weighted by Gasteiger charge is -2.27. The van der Waals surface area contributed by atoms with E-state index in [1.807, 2.05) is 32.2 Å². The number of rotatable bonds is 3. The van der Waals surface area contributed by atoms with Gasteiger partial charge in [-0.1, -0.05) is 5.16 Å². The van der Waals surface area contributed by atoms with E-state index in [1.54, 1.807) is 12.4 Å². The second-order valence-electron chi connectivity index (χ2n) is 6.17. The first-order valence-electron chi connectivity index (χ1n) is 8.10. The summed E-state index contributed by atoms with van der Waals surface area (Å²) in [6.45, 7) is 6.64. The molecule has 6 nitrogen and oxygen atoms in total. The minimum absolute atomic E-state index is 0.751. The van der Waals surface area contributed by atoms with E-state index in [0.29, 0.717) is 0 Å². The summed E-state index contributed by atoms with van der Waals surface area (Å²) in [4.78, 5) is 15.8. The van der Waals surface area contributed by atoms with Crippen LogP contribution in [0.5, 0.6) is 0 Å². The molecular weight excluding hydrogens is 302 g/mol. The highest BCUT2D eigenvalue weighted by Gasteiger charge is 2.21. The van der Waals surface area contributed by atoms with Crippen LogP contribution in [0.1, 0.15) is 28.3 Å². The molecule has 0 saturated heterocycles. The number of fused-ring (bicyclic) bond motifs is 1. The fourth-order valence-corrected chi connectivity index (χ4v) is 3.09. The first-order valence-corrected chi connectivity index (χ1v) is 8.10. The lowest BCUT2D eigenvalue weighted by atomic mass is 10.1. The van der Waals surface area contributed by atoms with E-state index in [2.05, 4.69) is 20.0 Å². The smallest absolute Gasteiger partial charge is 0.160 e. The zero-order chi connectivity index (χ0) is 16.5. The average Bonchev–Trinajstić information content (AvgIpc) is 2.94. The Morgan fingerprint density at radius 3 is 2.92 bits per heavy atom. The molecule has 0 fully saturated rings. The number of aromatic nitrogens is 4. The summed E-state index contributed by atoms with van der Waals surface area (Å²) in [7, 11) is 0. The molecule has 3 aromatic rings. The van der Waals surface area contributed by atoms with E-state index < -0.39 is 0 Å². The molecule has 24 heavy (non-hydrogen) atoms. The van der Waals surface area contributed by atoms with E-state index >= 15 is 0 Å². The summed E-state index contributed by atoms with van der Waals surface area (Å²) in [6.07, 6.45) is 6.43. The van der Waals surface area contributed by atoms with Gasteiger partial charge in [0, 0.05) is 61.3 Å². The van der Waals surface area contributed by atoms with E-state index in [0.717, 1.165) is 54.6 Å². The van der Waals surface area contributed by atoms with Gasteiger partial charge in [0.05, 0.1) is 11.4 Å². The molecule has 0 amide bonds. The molecule has 0 radical (unpaired) electrons. The van der Waals surface area contributed by atoms with E-state index in [1.165, 1.54) is 11.1 Å². The monoisotopic (exact) mass is 321 g/mol. The van der Waals surface area contributed by atoms with Gasteiger partial charge in [0.2, 0.25) is 0 Å². The van der Waals surface area contributed by atoms with Crippen molar-refractivity contribution < 1.29 is 4.52 Å². The van der Waals surface area contributed by atoms with Gasteiger partial charge in [0.1, 0.15) is 5.76 Å². The number of hydrogen-bond donors (Lipinski definition) is 0. The van der Waals surface area contributed by atoms with Gasteiger partial charge in [-0.05, 0) is 26.0 Å². The number of pyridine rings is 1. The van der Waals surface area contributed by atoms with Crippen LogP contribution >= 0.6 is 0 Å². The van der Waals surface area contributed by atoms with Gasteiger partial charge in [-0.25, -0.2) is 9.97 Å². The maximum absolute atomic E-state index is 5.26. The summed E-state index contributed by atoms with van der Waals surface area (Å²) >= 11 is 0. The van der Waals surface area contributed by atoms with Crippen molar-refractivity contribution in [3.63, 3.8) is 0 Å². The summed E-state index contributed by atoms with van der Waals surface area (Å²) in [5.74, 6) is 1.66. The molecular formula is C18H19N5O. The van der Waals surface area contributed by atoms with Crippen molar-refractivity contribution in [2.24, 2.45) is 0 Å². The van der Waals surface area contributed by atoms with Crippen LogP contribution < -0.4 is 0 Å². The normalized spacial score (nSPS) is 14.6. The van der Waals surface area contributed by atoms with Crippen molar-refractivity contribution in [2.75, 3.05) is 6.54 Å². The van der Waals surface area contributed by atoms with Crippen LogP contribution in [-0.4, -0.2) is 31.6 Å². The first-order chi connectivity index (χ1) is 11.7. The van der Waals surface area contributed by atoms with Crippen LogP contribution in [0.15, 0.2) is 35.2 Å². The Kier molecular flexibility index (Phi) is 3.82. The number of aryl methyl sites for hydroxylation is 2. The van der Waals surface area contributed by atoms with Crippen LogP contribution in [0, 0.1) is 13.8 Å². The fourth-order valence-electron chi connectivity index (χ4n) is 3.09. The topological polar surface area (TPSA) is 67.9 Å². The van der Waals surface area contributed by atoms with Crippen molar-refractivity contribution >= 4 is 0 Å². The highest BCUT2D eigenvalue weighted by atomic mass is 16.5. The van der Waals surface area contributed by atoms with Gasteiger partial charge in [-0.2, -0.15) is 0 Å². The Balaban J connectivity index is 1.54. The minimum atomic E-state index is 0.751. The van der Waals surface area contributed by atoms with Crippen LogP contribution in [0.2, 0.25) is 0 Å². The fraction of sp³-hybridized carbons (Fsp3) is 0.333.